The monoisotopic (exact) mass is 246 g/mol. The lowest BCUT2D eigenvalue weighted by Crippen LogP contribution is -2.20. The first-order chi connectivity index (χ1) is 8.65. The van der Waals surface area contributed by atoms with Crippen molar-refractivity contribution in [2.45, 2.75) is 26.7 Å². The molecule has 1 aromatic carbocycles. The minimum Gasteiger partial charge on any atom is -0.496 e. The number of anilines is 1. The van der Waals surface area contributed by atoms with E-state index in [1.165, 1.54) is 0 Å². The highest BCUT2D eigenvalue weighted by Gasteiger charge is 2.15. The van der Waals surface area contributed by atoms with Crippen LogP contribution in [0.5, 0.6) is 5.75 Å². The minimum absolute atomic E-state index is 0.257. The second kappa shape index (κ2) is 6.65. The van der Waals surface area contributed by atoms with Gasteiger partial charge in [0.1, 0.15) is 11.7 Å². The Morgan fingerprint density at radius 1 is 1.50 bits per heavy atom. The molecule has 0 aliphatic rings. The number of amides is 1. The third-order valence-corrected chi connectivity index (χ3v) is 2.81. The second-order valence-corrected chi connectivity index (χ2v) is 3.96. The lowest BCUT2D eigenvalue weighted by atomic mass is 10.1. The molecule has 0 saturated heterocycles. The first-order valence-corrected chi connectivity index (χ1v) is 6.03. The van der Waals surface area contributed by atoms with E-state index in [1.807, 2.05) is 32.0 Å². The van der Waals surface area contributed by atoms with Crippen LogP contribution in [0.2, 0.25) is 0 Å². The smallest absolute Gasteiger partial charge is 0.241 e. The van der Waals surface area contributed by atoms with E-state index in [0.717, 1.165) is 17.7 Å². The van der Waals surface area contributed by atoms with Crippen molar-refractivity contribution in [3.05, 3.63) is 23.8 Å². The Kier molecular flexibility index (Phi) is 5.19. The summed E-state index contributed by atoms with van der Waals surface area (Å²) in [4.78, 5) is 11.8. The van der Waals surface area contributed by atoms with Gasteiger partial charge in [-0.3, -0.25) is 4.79 Å². The van der Waals surface area contributed by atoms with Gasteiger partial charge in [-0.05, 0) is 36.6 Å². The molecule has 1 aromatic rings. The average molecular weight is 246 g/mol. The van der Waals surface area contributed by atoms with Crippen molar-refractivity contribution in [1.29, 1.82) is 5.26 Å². The fourth-order valence-corrected chi connectivity index (χ4v) is 1.70. The number of aryl methyl sites for hydroxylation is 1. The Bertz CT molecular complexity index is 463. The number of ether oxygens (including phenoxy) is 1. The van der Waals surface area contributed by atoms with Gasteiger partial charge in [0, 0.05) is 5.69 Å². The molecule has 0 aliphatic heterocycles. The van der Waals surface area contributed by atoms with Crippen molar-refractivity contribution in [1.82, 2.24) is 0 Å². The van der Waals surface area contributed by atoms with Gasteiger partial charge < -0.3 is 10.1 Å². The molecule has 0 aromatic heterocycles. The van der Waals surface area contributed by atoms with Crippen molar-refractivity contribution in [2.75, 3.05) is 12.4 Å². The van der Waals surface area contributed by atoms with Gasteiger partial charge in [0.05, 0.1) is 13.2 Å². The van der Waals surface area contributed by atoms with Crippen LogP contribution in [-0.2, 0) is 11.2 Å². The molecule has 1 amide bonds. The zero-order valence-corrected chi connectivity index (χ0v) is 11.0. The molecular formula is C14H18N2O2. The number of nitrogens with zero attached hydrogens (tertiary/aromatic N) is 1. The molecule has 96 valence electrons. The van der Waals surface area contributed by atoms with Crippen molar-refractivity contribution in [3.63, 3.8) is 0 Å². The van der Waals surface area contributed by atoms with Crippen molar-refractivity contribution >= 4 is 11.6 Å². The number of hydrogen-bond acceptors (Lipinski definition) is 3. The average Bonchev–Trinajstić information content (AvgIpc) is 2.40. The Morgan fingerprint density at radius 3 is 2.72 bits per heavy atom. The predicted molar refractivity (Wildman–Crippen MR) is 70.4 cm³/mol. The van der Waals surface area contributed by atoms with Crippen LogP contribution in [0.4, 0.5) is 5.69 Å². The number of rotatable bonds is 5. The van der Waals surface area contributed by atoms with Crippen LogP contribution in [0, 0.1) is 17.2 Å². The zero-order chi connectivity index (χ0) is 13.5. The van der Waals surface area contributed by atoms with Gasteiger partial charge in [-0.1, -0.05) is 13.8 Å². The number of carbonyl (C=O) groups is 1. The molecule has 0 bridgehead atoms. The third-order valence-electron chi connectivity index (χ3n) is 2.81. The molecule has 0 heterocycles. The Morgan fingerprint density at radius 2 is 2.22 bits per heavy atom. The van der Waals surface area contributed by atoms with Crippen LogP contribution < -0.4 is 10.1 Å². The third kappa shape index (κ3) is 3.24. The molecule has 0 spiro atoms. The van der Waals surface area contributed by atoms with Gasteiger partial charge in [-0.25, -0.2) is 0 Å². The maximum atomic E-state index is 11.8. The zero-order valence-electron chi connectivity index (χ0n) is 11.0. The maximum absolute atomic E-state index is 11.8. The van der Waals surface area contributed by atoms with Crippen LogP contribution in [0.1, 0.15) is 25.8 Å². The Balaban J connectivity index is 2.86. The molecule has 4 nitrogen and oxygen atoms in total. The van der Waals surface area contributed by atoms with Crippen molar-refractivity contribution in [2.24, 2.45) is 5.92 Å². The summed E-state index contributed by atoms with van der Waals surface area (Å²) in [5, 5.41) is 11.6. The molecule has 4 heteroatoms. The molecule has 1 rings (SSSR count). The molecule has 1 unspecified atom stereocenters. The second-order valence-electron chi connectivity index (χ2n) is 3.96. The van der Waals surface area contributed by atoms with Gasteiger partial charge in [0.15, 0.2) is 0 Å². The van der Waals surface area contributed by atoms with E-state index < -0.39 is 5.92 Å². The highest BCUT2D eigenvalue weighted by Crippen LogP contribution is 2.23. The number of methoxy groups -OCH3 is 1. The quantitative estimate of drug-likeness (QED) is 0.868. The fraction of sp³-hybridized carbons (Fsp3) is 0.429. The van der Waals surface area contributed by atoms with Gasteiger partial charge in [-0.2, -0.15) is 5.26 Å². The van der Waals surface area contributed by atoms with Gasteiger partial charge in [-0.15, -0.1) is 0 Å². The largest absolute Gasteiger partial charge is 0.496 e. The lowest BCUT2D eigenvalue weighted by Gasteiger charge is -2.11. The SMILES string of the molecule is CCc1cc(NC(=O)C(C#N)CC)ccc1OC. The van der Waals surface area contributed by atoms with E-state index in [9.17, 15) is 4.79 Å². The molecule has 0 fully saturated rings. The summed E-state index contributed by atoms with van der Waals surface area (Å²) >= 11 is 0. The molecule has 0 aliphatic carbocycles. The summed E-state index contributed by atoms with van der Waals surface area (Å²) in [7, 11) is 1.62. The summed E-state index contributed by atoms with van der Waals surface area (Å²) in [6.45, 7) is 3.84. The fourth-order valence-electron chi connectivity index (χ4n) is 1.70. The first kappa shape index (κ1) is 14.0. The predicted octanol–water partition coefficient (Wildman–Crippen LogP) is 2.75. The van der Waals surface area contributed by atoms with Crippen LogP contribution in [0.25, 0.3) is 0 Å². The van der Waals surface area contributed by atoms with Crippen LogP contribution in [0.15, 0.2) is 18.2 Å². The highest BCUT2D eigenvalue weighted by atomic mass is 16.5. The normalized spacial score (nSPS) is 11.4. The Hall–Kier alpha value is -2.02. The molecule has 1 atom stereocenters. The van der Waals surface area contributed by atoms with E-state index in [1.54, 1.807) is 13.2 Å². The van der Waals surface area contributed by atoms with Crippen molar-refractivity contribution in [3.8, 4) is 11.8 Å². The summed E-state index contributed by atoms with van der Waals surface area (Å²) < 4.78 is 5.22. The van der Waals surface area contributed by atoms with Gasteiger partial charge in [0.2, 0.25) is 5.91 Å². The summed E-state index contributed by atoms with van der Waals surface area (Å²) in [5.74, 6) is -0.0489. The highest BCUT2D eigenvalue weighted by molar-refractivity contribution is 5.94. The molecular weight excluding hydrogens is 228 g/mol. The minimum atomic E-state index is -0.600. The number of nitrogens with one attached hydrogen (secondary N) is 1. The standard InChI is InChI=1S/C14H18N2O2/c1-4-10-8-12(6-7-13(10)18-3)16-14(17)11(5-2)9-15/h6-8,11H,4-5H2,1-3H3,(H,16,17). The molecule has 0 radical (unpaired) electrons. The van der Waals surface area contributed by atoms with Crippen molar-refractivity contribution < 1.29 is 9.53 Å². The lowest BCUT2D eigenvalue weighted by molar-refractivity contribution is -0.118. The molecule has 1 N–H and O–H groups in total. The molecule has 18 heavy (non-hydrogen) atoms. The number of hydrogen-bond donors (Lipinski definition) is 1. The van der Waals surface area contributed by atoms with Crippen LogP contribution in [-0.4, -0.2) is 13.0 Å². The number of benzene rings is 1. The maximum Gasteiger partial charge on any atom is 0.241 e. The van der Waals surface area contributed by atoms with E-state index >= 15 is 0 Å². The van der Waals surface area contributed by atoms with E-state index in [-0.39, 0.29) is 5.91 Å². The first-order valence-electron chi connectivity index (χ1n) is 6.03. The Labute approximate surface area is 108 Å². The summed E-state index contributed by atoms with van der Waals surface area (Å²) in [6.07, 6.45) is 1.33. The number of nitriles is 1. The number of carbonyl (C=O) groups excluding carboxylic acids is 1. The topological polar surface area (TPSA) is 62.1 Å². The van der Waals surface area contributed by atoms with Gasteiger partial charge >= 0.3 is 0 Å². The summed E-state index contributed by atoms with van der Waals surface area (Å²) in [6, 6.07) is 7.46. The van der Waals surface area contributed by atoms with Crippen LogP contribution in [0.3, 0.4) is 0 Å². The van der Waals surface area contributed by atoms with E-state index in [4.69, 9.17) is 10.00 Å². The van der Waals surface area contributed by atoms with E-state index in [0.29, 0.717) is 12.1 Å². The summed E-state index contributed by atoms with van der Waals surface area (Å²) in [5.41, 5.74) is 1.73. The molecule has 0 saturated carbocycles. The van der Waals surface area contributed by atoms with Crippen LogP contribution >= 0.6 is 0 Å². The van der Waals surface area contributed by atoms with Gasteiger partial charge in [0.25, 0.3) is 0 Å². The van der Waals surface area contributed by atoms with E-state index in [2.05, 4.69) is 5.32 Å².